The topological polar surface area (TPSA) is 122 Å². The van der Waals surface area contributed by atoms with Gasteiger partial charge in [-0.05, 0) is 23.8 Å². The summed E-state index contributed by atoms with van der Waals surface area (Å²) in [5.41, 5.74) is 1.67. The molecule has 0 radical (unpaired) electrons. The Balaban J connectivity index is 0.00000114. The molecule has 4 N–H and O–H groups in total. The van der Waals surface area contributed by atoms with Gasteiger partial charge in [-0.25, -0.2) is 0 Å². The molecule has 0 bridgehead atoms. The number of benzene rings is 1. The minimum Gasteiger partial charge on any atom is -0.451 e. The molecule has 1 unspecified atom stereocenters. The van der Waals surface area contributed by atoms with Crippen molar-refractivity contribution in [3.63, 3.8) is 0 Å². The molecular weight excluding hydrogens is 412 g/mol. The van der Waals surface area contributed by atoms with E-state index in [2.05, 4.69) is 35.1 Å². The predicted octanol–water partition coefficient (Wildman–Crippen LogP) is 1.44. The molecule has 1 fully saturated rings. The number of amides is 3. The lowest BCUT2D eigenvalue weighted by Crippen LogP contribution is -2.47. The lowest BCUT2D eigenvalue weighted by molar-refractivity contribution is -0.134. The fourth-order valence-corrected chi connectivity index (χ4v) is 2.82. The van der Waals surface area contributed by atoms with Gasteiger partial charge >= 0.3 is 0 Å². The Labute approximate surface area is 188 Å². The summed E-state index contributed by atoms with van der Waals surface area (Å²) in [6, 6.07) is 10.7. The van der Waals surface area contributed by atoms with Crippen LogP contribution in [0.5, 0.6) is 0 Å². The zero-order chi connectivity index (χ0) is 23.3. The van der Waals surface area contributed by atoms with Crippen LogP contribution in [-0.2, 0) is 20.9 Å². The van der Waals surface area contributed by atoms with Gasteiger partial charge in [0.05, 0.1) is 13.2 Å². The molecule has 3 rings (SSSR count). The van der Waals surface area contributed by atoms with Crippen LogP contribution in [0.3, 0.4) is 0 Å². The number of ether oxygens (including phenoxy) is 1. The highest BCUT2D eigenvalue weighted by Crippen LogP contribution is 2.23. The van der Waals surface area contributed by atoms with Crippen molar-refractivity contribution in [2.45, 2.75) is 32.9 Å². The molecule has 1 atom stereocenters. The van der Waals surface area contributed by atoms with E-state index in [1.807, 2.05) is 24.3 Å². The maximum Gasteiger partial charge on any atom is 0.287 e. The third kappa shape index (κ3) is 7.82. The van der Waals surface area contributed by atoms with Crippen LogP contribution in [0.25, 0.3) is 11.3 Å². The Morgan fingerprint density at radius 1 is 1.12 bits per heavy atom. The van der Waals surface area contributed by atoms with Crippen molar-refractivity contribution in [3.05, 3.63) is 47.7 Å². The molecule has 3 amide bonds. The molecule has 1 saturated heterocycles. The molecular formula is C23H32N4O5. The molecule has 1 aromatic carbocycles. The average molecular weight is 445 g/mol. The first-order chi connectivity index (χ1) is 15.5. The summed E-state index contributed by atoms with van der Waals surface area (Å²) in [4.78, 5) is 35.4. The molecule has 0 saturated carbocycles. The van der Waals surface area contributed by atoms with Crippen molar-refractivity contribution < 1.29 is 23.5 Å². The van der Waals surface area contributed by atoms with E-state index < -0.39 is 12.0 Å². The normalized spacial score (nSPS) is 15.2. The van der Waals surface area contributed by atoms with Crippen LogP contribution in [0.2, 0.25) is 0 Å². The fourth-order valence-electron chi connectivity index (χ4n) is 2.82. The second kappa shape index (κ2) is 13.3. The SMILES string of the molecule is CCC.CNC(=O)CNC(=O)c1ccc(-c2cccc(CNC(=O)C3CNCCO3)c2)o1. The summed E-state index contributed by atoms with van der Waals surface area (Å²) in [6.07, 6.45) is 0.771. The van der Waals surface area contributed by atoms with E-state index in [0.717, 1.165) is 17.7 Å². The molecule has 2 heterocycles. The number of morpholine rings is 1. The minimum absolute atomic E-state index is 0.115. The summed E-state index contributed by atoms with van der Waals surface area (Å²) in [6.45, 7) is 6.25. The smallest absolute Gasteiger partial charge is 0.287 e. The zero-order valence-electron chi connectivity index (χ0n) is 18.8. The second-order valence-electron chi connectivity index (χ2n) is 7.21. The van der Waals surface area contributed by atoms with Crippen LogP contribution in [0.1, 0.15) is 36.4 Å². The number of nitrogens with one attached hydrogen (secondary N) is 4. The quantitative estimate of drug-likeness (QED) is 0.513. The largest absolute Gasteiger partial charge is 0.451 e. The number of furan rings is 1. The van der Waals surface area contributed by atoms with Crippen LogP contribution in [0, 0.1) is 0 Å². The molecule has 1 aliphatic rings. The van der Waals surface area contributed by atoms with Gasteiger partial charge in [0, 0.05) is 32.2 Å². The lowest BCUT2D eigenvalue weighted by atomic mass is 10.1. The molecule has 0 aliphatic carbocycles. The van der Waals surface area contributed by atoms with E-state index in [1.165, 1.54) is 13.5 Å². The Morgan fingerprint density at radius 3 is 2.59 bits per heavy atom. The highest BCUT2D eigenvalue weighted by Gasteiger charge is 2.21. The van der Waals surface area contributed by atoms with Crippen molar-refractivity contribution in [2.24, 2.45) is 0 Å². The van der Waals surface area contributed by atoms with E-state index in [9.17, 15) is 14.4 Å². The highest BCUT2D eigenvalue weighted by molar-refractivity contribution is 5.94. The molecule has 9 heteroatoms. The summed E-state index contributed by atoms with van der Waals surface area (Å²) in [7, 11) is 1.49. The number of hydrogen-bond donors (Lipinski definition) is 4. The number of carbonyl (C=O) groups is 3. The van der Waals surface area contributed by atoms with Crippen molar-refractivity contribution >= 4 is 17.7 Å². The minimum atomic E-state index is -0.479. The predicted molar refractivity (Wildman–Crippen MR) is 121 cm³/mol. The van der Waals surface area contributed by atoms with Gasteiger partial charge in [0.2, 0.25) is 5.91 Å². The molecule has 9 nitrogen and oxygen atoms in total. The third-order valence-corrected chi connectivity index (χ3v) is 4.42. The first-order valence-corrected chi connectivity index (χ1v) is 10.8. The van der Waals surface area contributed by atoms with Crippen LogP contribution in [0.4, 0.5) is 0 Å². The number of likely N-dealkylation sites (N-methyl/N-ethyl adjacent to an activating group) is 1. The molecule has 1 aliphatic heterocycles. The zero-order valence-corrected chi connectivity index (χ0v) is 18.8. The van der Waals surface area contributed by atoms with Gasteiger partial charge in [0.25, 0.3) is 11.8 Å². The van der Waals surface area contributed by atoms with Crippen molar-refractivity contribution in [1.29, 1.82) is 0 Å². The first-order valence-electron chi connectivity index (χ1n) is 10.8. The molecule has 174 valence electrons. The van der Waals surface area contributed by atoms with Crippen LogP contribution >= 0.6 is 0 Å². The molecule has 1 aromatic heterocycles. The van der Waals surface area contributed by atoms with E-state index in [1.54, 1.807) is 12.1 Å². The van der Waals surface area contributed by atoms with Gasteiger partial charge in [-0.1, -0.05) is 38.5 Å². The Morgan fingerprint density at radius 2 is 1.91 bits per heavy atom. The van der Waals surface area contributed by atoms with Gasteiger partial charge < -0.3 is 30.4 Å². The van der Waals surface area contributed by atoms with E-state index in [0.29, 0.717) is 25.5 Å². The Kier molecular flexibility index (Phi) is 10.4. The van der Waals surface area contributed by atoms with Crippen molar-refractivity contribution in [2.75, 3.05) is 33.3 Å². The molecule has 2 aromatic rings. The Bertz CT molecular complexity index is 890. The fraction of sp³-hybridized carbons (Fsp3) is 0.435. The van der Waals surface area contributed by atoms with E-state index in [-0.39, 0.29) is 24.1 Å². The summed E-state index contributed by atoms with van der Waals surface area (Å²) < 4.78 is 11.0. The standard InChI is InChI=1S/C20H24N4O5.C3H8/c1-21-18(25)12-24-19(26)16-6-5-15(29-16)14-4-2-3-13(9-14)10-23-20(27)17-11-22-7-8-28-17;1-3-2/h2-6,9,17,22H,7-8,10-12H2,1H3,(H,21,25)(H,23,27)(H,24,26);3H2,1-2H3. The highest BCUT2D eigenvalue weighted by atomic mass is 16.5. The van der Waals surface area contributed by atoms with Crippen molar-refractivity contribution in [3.8, 4) is 11.3 Å². The van der Waals surface area contributed by atoms with Crippen molar-refractivity contribution in [1.82, 2.24) is 21.3 Å². The maximum atomic E-state index is 12.2. The summed E-state index contributed by atoms with van der Waals surface area (Å²) in [5.74, 6) is -0.290. The number of hydrogen-bond acceptors (Lipinski definition) is 6. The monoisotopic (exact) mass is 444 g/mol. The number of carbonyl (C=O) groups excluding carboxylic acids is 3. The summed E-state index contributed by atoms with van der Waals surface area (Å²) in [5, 5.41) is 10.9. The number of rotatable bonds is 7. The first kappa shape index (κ1) is 25.1. The van der Waals surface area contributed by atoms with Crippen LogP contribution < -0.4 is 21.3 Å². The van der Waals surface area contributed by atoms with E-state index >= 15 is 0 Å². The van der Waals surface area contributed by atoms with Crippen LogP contribution in [0.15, 0.2) is 40.8 Å². The Hall–Kier alpha value is -3.17. The second-order valence-corrected chi connectivity index (χ2v) is 7.21. The van der Waals surface area contributed by atoms with E-state index in [4.69, 9.17) is 9.15 Å². The average Bonchev–Trinajstić information content (AvgIpc) is 3.32. The summed E-state index contributed by atoms with van der Waals surface area (Å²) >= 11 is 0. The molecule has 0 spiro atoms. The molecule has 32 heavy (non-hydrogen) atoms. The van der Waals surface area contributed by atoms with Gasteiger partial charge in [-0.15, -0.1) is 0 Å². The van der Waals surface area contributed by atoms with Gasteiger partial charge in [-0.2, -0.15) is 0 Å². The lowest BCUT2D eigenvalue weighted by Gasteiger charge is -2.22. The maximum absolute atomic E-state index is 12.2. The van der Waals surface area contributed by atoms with Gasteiger partial charge in [0.1, 0.15) is 11.9 Å². The third-order valence-electron chi connectivity index (χ3n) is 4.42. The van der Waals surface area contributed by atoms with Crippen LogP contribution in [-0.4, -0.2) is 57.1 Å². The van der Waals surface area contributed by atoms with Gasteiger partial charge in [-0.3, -0.25) is 14.4 Å². The van der Waals surface area contributed by atoms with Gasteiger partial charge in [0.15, 0.2) is 5.76 Å².